The van der Waals surface area contributed by atoms with Gasteiger partial charge in [-0.2, -0.15) is 0 Å². The summed E-state index contributed by atoms with van der Waals surface area (Å²) in [6.07, 6.45) is 3.70. The minimum absolute atomic E-state index is 0.119. The highest BCUT2D eigenvalue weighted by Crippen LogP contribution is 2.21. The summed E-state index contributed by atoms with van der Waals surface area (Å²) in [5.74, 6) is 0.755. The number of hydrogen-bond acceptors (Lipinski definition) is 3. The number of phenolic OH excluding ortho intramolecular Hbond substituents is 1. The molecule has 0 amide bonds. The number of aromatic hydroxyl groups is 1. The van der Waals surface area contributed by atoms with Crippen LogP contribution in [0.25, 0.3) is 28.7 Å². The summed E-state index contributed by atoms with van der Waals surface area (Å²) >= 11 is 3.44. The lowest BCUT2D eigenvalue weighted by Crippen LogP contribution is -2.23. The van der Waals surface area contributed by atoms with Crippen LogP contribution in [-0.4, -0.2) is 14.7 Å². The summed E-state index contributed by atoms with van der Waals surface area (Å²) in [5, 5.41) is 10.0. The molecule has 0 radical (unpaired) electrons. The Morgan fingerprint density at radius 1 is 1.00 bits per heavy atom. The van der Waals surface area contributed by atoms with Gasteiger partial charge < -0.3 is 5.11 Å². The zero-order valence-electron chi connectivity index (χ0n) is 15.1. The van der Waals surface area contributed by atoms with E-state index in [1.807, 2.05) is 55.5 Å². The van der Waals surface area contributed by atoms with Crippen LogP contribution >= 0.6 is 15.9 Å². The van der Waals surface area contributed by atoms with Crippen LogP contribution in [-0.2, 0) is 0 Å². The van der Waals surface area contributed by atoms with E-state index in [0.717, 1.165) is 21.3 Å². The third kappa shape index (κ3) is 3.49. The Balaban J connectivity index is 1.97. The van der Waals surface area contributed by atoms with Crippen LogP contribution < -0.4 is 5.56 Å². The van der Waals surface area contributed by atoms with Crippen molar-refractivity contribution in [2.75, 3.05) is 0 Å². The van der Waals surface area contributed by atoms with E-state index in [4.69, 9.17) is 4.98 Å². The van der Waals surface area contributed by atoms with Gasteiger partial charge in [-0.25, -0.2) is 4.98 Å². The molecule has 0 bridgehead atoms. The molecule has 4 nitrogen and oxygen atoms in total. The molecule has 0 saturated carbocycles. The molecule has 0 spiro atoms. The molecule has 5 heteroatoms. The lowest BCUT2D eigenvalue weighted by Gasteiger charge is -2.13. The maximum atomic E-state index is 13.3. The highest BCUT2D eigenvalue weighted by Gasteiger charge is 2.13. The van der Waals surface area contributed by atoms with Gasteiger partial charge in [0.05, 0.1) is 16.6 Å². The minimum Gasteiger partial charge on any atom is -0.508 e. The number of halogens is 1. The Bertz CT molecular complexity index is 1260. The quantitative estimate of drug-likeness (QED) is 0.475. The molecule has 0 aliphatic rings. The first-order valence-corrected chi connectivity index (χ1v) is 9.58. The number of phenols is 1. The van der Waals surface area contributed by atoms with E-state index in [9.17, 15) is 9.90 Å². The van der Waals surface area contributed by atoms with Crippen LogP contribution in [0.4, 0.5) is 0 Å². The number of aryl methyl sites for hydroxylation is 1. The van der Waals surface area contributed by atoms with Crippen molar-refractivity contribution in [1.82, 2.24) is 9.55 Å². The van der Waals surface area contributed by atoms with Gasteiger partial charge in [0.2, 0.25) is 0 Å². The molecule has 4 rings (SSSR count). The first kappa shape index (κ1) is 18.2. The number of rotatable bonds is 3. The number of fused-ring (bicyclic) bond motifs is 1. The predicted molar refractivity (Wildman–Crippen MR) is 117 cm³/mol. The molecule has 1 N–H and O–H groups in total. The fourth-order valence-electron chi connectivity index (χ4n) is 3.09. The van der Waals surface area contributed by atoms with Gasteiger partial charge >= 0.3 is 0 Å². The maximum Gasteiger partial charge on any atom is 0.266 e. The number of nitrogens with zero attached hydrogens (tertiary/aromatic N) is 2. The Morgan fingerprint density at radius 3 is 2.50 bits per heavy atom. The van der Waals surface area contributed by atoms with Crippen LogP contribution in [0.2, 0.25) is 0 Å². The second kappa shape index (κ2) is 7.44. The van der Waals surface area contributed by atoms with Crippen molar-refractivity contribution < 1.29 is 5.11 Å². The molecule has 0 saturated heterocycles. The van der Waals surface area contributed by atoms with E-state index in [0.29, 0.717) is 16.7 Å². The molecule has 4 aromatic rings. The highest BCUT2D eigenvalue weighted by molar-refractivity contribution is 9.10. The zero-order chi connectivity index (χ0) is 19.7. The largest absolute Gasteiger partial charge is 0.508 e. The molecular formula is C23H17BrN2O2. The van der Waals surface area contributed by atoms with Crippen molar-refractivity contribution in [2.45, 2.75) is 6.92 Å². The number of benzene rings is 3. The average molecular weight is 433 g/mol. The molecule has 0 aliphatic carbocycles. The van der Waals surface area contributed by atoms with Crippen molar-refractivity contribution in [2.24, 2.45) is 0 Å². The summed E-state index contributed by atoms with van der Waals surface area (Å²) in [6.45, 7) is 1.97. The summed E-state index contributed by atoms with van der Waals surface area (Å²) in [5.41, 5.74) is 3.21. The predicted octanol–water partition coefficient (Wildman–Crippen LogP) is 5.33. The molecule has 0 unspecified atom stereocenters. The zero-order valence-corrected chi connectivity index (χ0v) is 16.7. The summed E-state index contributed by atoms with van der Waals surface area (Å²) in [7, 11) is 0. The summed E-state index contributed by atoms with van der Waals surface area (Å²) < 4.78 is 2.48. The first-order chi connectivity index (χ1) is 13.5. The van der Waals surface area contributed by atoms with Crippen LogP contribution in [0.1, 0.15) is 17.0 Å². The monoisotopic (exact) mass is 432 g/mol. The van der Waals surface area contributed by atoms with Gasteiger partial charge in [-0.15, -0.1) is 0 Å². The summed E-state index contributed by atoms with van der Waals surface area (Å²) in [4.78, 5) is 18.1. The lowest BCUT2D eigenvalue weighted by molar-refractivity contribution is 0.475. The second-order valence-corrected chi connectivity index (χ2v) is 7.40. The lowest BCUT2D eigenvalue weighted by atomic mass is 10.1. The number of aromatic nitrogens is 2. The number of para-hydroxylation sites is 1. The van der Waals surface area contributed by atoms with Gasteiger partial charge in [0.25, 0.3) is 5.56 Å². The molecular weight excluding hydrogens is 416 g/mol. The fourth-order valence-corrected chi connectivity index (χ4v) is 3.45. The topological polar surface area (TPSA) is 55.1 Å². The second-order valence-electron chi connectivity index (χ2n) is 6.48. The standard InChI is InChI=1S/C23H17BrN2O2/c1-15-4-2-3-5-21(15)26-22(13-8-16-6-10-18(27)11-7-16)25-20-12-9-17(24)14-19(20)23(26)28/h2-14,27H,1H3/b13-8+. The van der Waals surface area contributed by atoms with Crippen LogP contribution in [0.15, 0.2) is 76.0 Å². The van der Waals surface area contributed by atoms with E-state index < -0.39 is 0 Å². The van der Waals surface area contributed by atoms with E-state index in [1.54, 1.807) is 34.9 Å². The van der Waals surface area contributed by atoms with Crippen molar-refractivity contribution in [3.8, 4) is 11.4 Å². The third-order valence-electron chi connectivity index (χ3n) is 4.53. The molecule has 0 aliphatic heterocycles. The molecule has 1 aromatic heterocycles. The Morgan fingerprint density at radius 2 is 1.75 bits per heavy atom. The smallest absolute Gasteiger partial charge is 0.266 e. The normalized spacial score (nSPS) is 11.4. The van der Waals surface area contributed by atoms with Gasteiger partial charge in [-0.3, -0.25) is 9.36 Å². The highest BCUT2D eigenvalue weighted by atomic mass is 79.9. The average Bonchev–Trinajstić information content (AvgIpc) is 2.69. The fraction of sp³-hybridized carbons (Fsp3) is 0.0435. The van der Waals surface area contributed by atoms with E-state index in [1.165, 1.54) is 0 Å². The molecule has 28 heavy (non-hydrogen) atoms. The Hall–Kier alpha value is -3.18. The molecule has 3 aromatic carbocycles. The minimum atomic E-state index is -0.119. The van der Waals surface area contributed by atoms with Gasteiger partial charge in [0.1, 0.15) is 11.6 Å². The van der Waals surface area contributed by atoms with Crippen LogP contribution in [0, 0.1) is 6.92 Å². The molecule has 138 valence electrons. The van der Waals surface area contributed by atoms with Gasteiger partial charge in [-0.1, -0.05) is 52.3 Å². The number of hydrogen-bond donors (Lipinski definition) is 1. The van der Waals surface area contributed by atoms with Gasteiger partial charge in [-0.05, 0) is 60.5 Å². The maximum absolute atomic E-state index is 13.3. The van der Waals surface area contributed by atoms with Gasteiger partial charge in [0.15, 0.2) is 0 Å². The third-order valence-corrected chi connectivity index (χ3v) is 5.02. The molecule has 0 fully saturated rings. The van der Waals surface area contributed by atoms with Crippen molar-refractivity contribution in [3.63, 3.8) is 0 Å². The van der Waals surface area contributed by atoms with Crippen molar-refractivity contribution >= 4 is 39.0 Å². The van der Waals surface area contributed by atoms with E-state index in [-0.39, 0.29) is 11.3 Å². The Labute approximate surface area is 170 Å². The van der Waals surface area contributed by atoms with Crippen LogP contribution in [0.3, 0.4) is 0 Å². The van der Waals surface area contributed by atoms with E-state index in [2.05, 4.69) is 15.9 Å². The molecule has 0 atom stereocenters. The van der Waals surface area contributed by atoms with Crippen molar-refractivity contribution in [3.05, 3.63) is 98.5 Å². The van der Waals surface area contributed by atoms with Crippen molar-refractivity contribution in [1.29, 1.82) is 0 Å². The van der Waals surface area contributed by atoms with E-state index >= 15 is 0 Å². The summed E-state index contributed by atoms with van der Waals surface area (Å²) in [6, 6.07) is 20.1. The first-order valence-electron chi connectivity index (χ1n) is 8.78. The Kier molecular flexibility index (Phi) is 4.84. The SMILES string of the molecule is Cc1ccccc1-n1c(/C=C/c2ccc(O)cc2)nc2ccc(Br)cc2c1=O. The molecule has 1 heterocycles. The van der Waals surface area contributed by atoms with Crippen LogP contribution in [0.5, 0.6) is 5.75 Å². The van der Waals surface area contributed by atoms with Gasteiger partial charge in [0, 0.05) is 4.47 Å².